The molecule has 4 fully saturated rings. The van der Waals surface area contributed by atoms with Crippen LogP contribution in [0, 0.1) is 32.1 Å². The summed E-state index contributed by atoms with van der Waals surface area (Å²) >= 11 is 0. The van der Waals surface area contributed by atoms with Gasteiger partial charge in [0.1, 0.15) is 7.14 Å². The quantitative estimate of drug-likeness (QED) is 0.110. The van der Waals surface area contributed by atoms with Crippen molar-refractivity contribution in [3.8, 4) is 0 Å². The van der Waals surface area contributed by atoms with Gasteiger partial charge in [0.2, 0.25) is 12.1 Å². The Labute approximate surface area is 275 Å². The van der Waals surface area contributed by atoms with Gasteiger partial charge >= 0.3 is 12.4 Å². The molecular formula is C32H43F6N2O7P. The molecule has 6 unspecified atom stereocenters. The molecule has 48 heavy (non-hydrogen) atoms. The highest BCUT2D eigenvalue weighted by Crippen LogP contribution is 2.62. The third kappa shape index (κ3) is 8.37. The summed E-state index contributed by atoms with van der Waals surface area (Å²) in [6, 6.07) is 6.59. The minimum Gasteiger partial charge on any atom is -0.374 e. The van der Waals surface area contributed by atoms with Crippen LogP contribution in [0.3, 0.4) is 0 Å². The Kier molecular flexibility index (Phi) is 11.5. The minimum atomic E-state index is -4.62. The maximum atomic E-state index is 15.2. The molecule has 0 spiro atoms. The van der Waals surface area contributed by atoms with Crippen molar-refractivity contribution in [3.05, 3.63) is 50.6 Å². The first kappa shape index (κ1) is 37.0. The monoisotopic (exact) mass is 712 g/mol. The van der Waals surface area contributed by atoms with Gasteiger partial charge in [-0.25, -0.2) is 0 Å². The van der Waals surface area contributed by atoms with Gasteiger partial charge in [0.05, 0.1) is 36.3 Å². The van der Waals surface area contributed by atoms with Gasteiger partial charge in [-0.15, -0.1) is 0 Å². The van der Waals surface area contributed by atoms with E-state index in [1.54, 1.807) is 0 Å². The molecule has 5 rings (SSSR count). The molecule has 0 aliphatic heterocycles. The summed E-state index contributed by atoms with van der Waals surface area (Å²) in [5, 5.41) is 23.1. The van der Waals surface area contributed by atoms with Crippen molar-refractivity contribution in [2.24, 2.45) is 11.8 Å². The molecule has 0 radical (unpaired) electrons. The molecule has 0 heterocycles. The van der Waals surface area contributed by atoms with Crippen LogP contribution in [-0.4, -0.2) is 70.0 Å². The van der Waals surface area contributed by atoms with E-state index in [4.69, 9.17) is 9.47 Å². The van der Waals surface area contributed by atoms with Gasteiger partial charge in [0.15, 0.2) is 0 Å². The van der Waals surface area contributed by atoms with Crippen LogP contribution in [0.25, 0.3) is 0 Å². The molecule has 0 saturated heterocycles. The Hall–Kier alpha value is -2.25. The highest BCUT2D eigenvalue weighted by molar-refractivity contribution is 7.73. The third-order valence-electron chi connectivity index (χ3n) is 11.2. The van der Waals surface area contributed by atoms with Crippen molar-refractivity contribution < 1.29 is 50.2 Å². The Bertz CT molecular complexity index is 1230. The molecule has 16 heteroatoms. The number of rotatable bonds is 9. The predicted molar refractivity (Wildman–Crippen MR) is 164 cm³/mol. The first-order valence-corrected chi connectivity index (χ1v) is 18.8. The molecular weight excluding hydrogens is 669 g/mol. The van der Waals surface area contributed by atoms with Gasteiger partial charge in [-0.1, -0.05) is 30.3 Å². The van der Waals surface area contributed by atoms with E-state index in [1.165, 1.54) is 0 Å². The van der Waals surface area contributed by atoms with Crippen molar-refractivity contribution in [1.82, 2.24) is 0 Å². The molecule has 270 valence electrons. The molecule has 1 aromatic carbocycles. The molecule has 4 saturated carbocycles. The Morgan fingerprint density at radius 2 is 0.979 bits per heavy atom. The largest absolute Gasteiger partial charge is 0.394 e. The second-order valence-electron chi connectivity index (χ2n) is 14.1. The zero-order valence-corrected chi connectivity index (χ0v) is 27.4. The van der Waals surface area contributed by atoms with Gasteiger partial charge in [0, 0.05) is 52.2 Å². The summed E-state index contributed by atoms with van der Waals surface area (Å²) in [5.41, 5.74) is -0.476. The standard InChI is InChI=1S/C32H43F6N2O7P/c33-31(34,35)27-18-20(39(41)42)6-16-29(27)46-22-8-12-25(13-9-22)48(45,24-4-2-1-3-5-24)26-14-10-23(11-15-26)47-30-17-7-21(40(43)44)19-28(30)32(36,37)38/h1-5,20-23,25-30H,6-19H2. The zero-order valence-electron chi connectivity index (χ0n) is 26.5. The zero-order chi connectivity index (χ0) is 34.9. The second-order valence-corrected chi connectivity index (χ2v) is 17.5. The molecule has 0 aromatic heterocycles. The van der Waals surface area contributed by atoms with Crippen molar-refractivity contribution in [2.75, 3.05) is 0 Å². The summed E-state index contributed by atoms with van der Waals surface area (Å²) < 4.78 is 110. The number of hydrogen-bond donors (Lipinski definition) is 0. The lowest BCUT2D eigenvalue weighted by Crippen LogP contribution is -2.46. The average Bonchev–Trinajstić information content (AvgIpc) is 3.04. The molecule has 4 aliphatic carbocycles. The maximum absolute atomic E-state index is 15.2. The van der Waals surface area contributed by atoms with Gasteiger partial charge in [0.25, 0.3) is 0 Å². The van der Waals surface area contributed by atoms with Crippen LogP contribution >= 0.6 is 7.14 Å². The van der Waals surface area contributed by atoms with Crippen LogP contribution in [0.15, 0.2) is 30.3 Å². The Morgan fingerprint density at radius 3 is 1.31 bits per heavy atom. The lowest BCUT2D eigenvalue weighted by Gasteiger charge is -2.43. The van der Waals surface area contributed by atoms with Crippen molar-refractivity contribution in [3.63, 3.8) is 0 Å². The van der Waals surface area contributed by atoms with Crippen molar-refractivity contribution in [1.29, 1.82) is 0 Å². The molecule has 1 aromatic rings. The highest BCUT2D eigenvalue weighted by atomic mass is 31.2. The van der Waals surface area contributed by atoms with Crippen LogP contribution in [0.5, 0.6) is 0 Å². The van der Waals surface area contributed by atoms with E-state index in [0.29, 0.717) is 56.7 Å². The van der Waals surface area contributed by atoms with Crippen LogP contribution in [-0.2, 0) is 14.0 Å². The lowest BCUT2D eigenvalue weighted by atomic mass is 9.82. The third-order valence-corrected chi connectivity index (χ3v) is 15.5. The number of benzene rings is 1. The van der Waals surface area contributed by atoms with Crippen LogP contribution in [0.4, 0.5) is 26.3 Å². The van der Waals surface area contributed by atoms with Crippen LogP contribution < -0.4 is 5.30 Å². The highest BCUT2D eigenvalue weighted by Gasteiger charge is 2.54. The number of nitro groups is 2. The van der Waals surface area contributed by atoms with Gasteiger partial charge in [-0.05, 0) is 64.2 Å². The molecule has 6 atom stereocenters. The Morgan fingerprint density at radius 1 is 0.604 bits per heavy atom. The number of hydrogen-bond acceptors (Lipinski definition) is 7. The molecule has 0 bridgehead atoms. The molecule has 9 nitrogen and oxygen atoms in total. The van der Waals surface area contributed by atoms with Gasteiger partial charge in [-0.3, -0.25) is 20.2 Å². The van der Waals surface area contributed by atoms with Gasteiger partial charge in [-0.2, -0.15) is 26.3 Å². The van der Waals surface area contributed by atoms with Crippen molar-refractivity contribution >= 4 is 12.4 Å². The number of alkyl halides is 6. The number of nitrogens with zero attached hydrogens (tertiary/aromatic N) is 2. The summed E-state index contributed by atoms with van der Waals surface area (Å²) in [4.78, 5) is 21.1. The van der Waals surface area contributed by atoms with Crippen LogP contribution in [0.1, 0.15) is 89.9 Å². The topological polar surface area (TPSA) is 122 Å². The molecule has 0 N–H and O–H groups in total. The number of ether oxygens (including phenoxy) is 2. The lowest BCUT2D eigenvalue weighted by molar-refractivity contribution is -0.531. The normalized spacial score (nSPS) is 36.5. The van der Waals surface area contributed by atoms with E-state index in [1.807, 2.05) is 30.3 Å². The fraction of sp³-hybridized carbons (Fsp3) is 0.812. The second kappa shape index (κ2) is 14.9. The SMILES string of the molecule is O=[N+]([O-])C1CCC(OC2CCC(P(=O)(c3ccccc3)C3CCC(OC4CCC([N+](=O)[O-])CC4C(F)(F)F)CC3)CC2)C(C(F)(F)F)C1. The summed E-state index contributed by atoms with van der Waals surface area (Å²) in [5.74, 6) is -3.83. The fourth-order valence-corrected chi connectivity index (χ4v) is 12.9. The molecule has 4 aliphatic rings. The fourth-order valence-electron chi connectivity index (χ4n) is 8.64. The van der Waals surface area contributed by atoms with Gasteiger partial charge < -0.3 is 14.0 Å². The van der Waals surface area contributed by atoms with E-state index in [9.17, 15) is 46.6 Å². The molecule has 0 amide bonds. The minimum absolute atomic E-state index is 0.0200. The summed E-state index contributed by atoms with van der Waals surface area (Å²) in [6.07, 6.45) is -10.3. The van der Waals surface area contributed by atoms with E-state index >= 15 is 4.57 Å². The first-order chi connectivity index (χ1) is 22.6. The summed E-state index contributed by atoms with van der Waals surface area (Å²) in [7, 11) is -3.10. The van der Waals surface area contributed by atoms with E-state index in [-0.39, 0.29) is 37.0 Å². The first-order valence-electron chi connectivity index (χ1n) is 16.9. The average molecular weight is 713 g/mol. The Balaban J connectivity index is 1.22. The summed E-state index contributed by atoms with van der Waals surface area (Å²) in [6.45, 7) is 0. The van der Waals surface area contributed by atoms with Crippen LogP contribution in [0.2, 0.25) is 0 Å². The van der Waals surface area contributed by atoms with E-state index in [0.717, 1.165) is 0 Å². The number of halogens is 6. The van der Waals surface area contributed by atoms with E-state index < -0.39 is 90.5 Å². The smallest absolute Gasteiger partial charge is 0.374 e. The predicted octanol–water partition coefficient (Wildman–Crippen LogP) is 8.08. The maximum Gasteiger partial charge on any atom is 0.394 e. The van der Waals surface area contributed by atoms with E-state index in [2.05, 4.69) is 0 Å². The van der Waals surface area contributed by atoms with Crippen molar-refractivity contribution in [2.45, 2.75) is 150 Å².